The van der Waals surface area contributed by atoms with E-state index in [4.69, 9.17) is 4.74 Å². The number of hydrogen-bond donors (Lipinski definition) is 1. The number of ether oxygens (including phenoxy) is 1. The maximum atomic E-state index is 11.3. The first-order valence-electron chi connectivity index (χ1n) is 6.91. The van der Waals surface area contributed by atoms with Crippen molar-refractivity contribution in [3.05, 3.63) is 28.3 Å². The van der Waals surface area contributed by atoms with Crippen LogP contribution in [0.1, 0.15) is 20.3 Å². The number of nitrogens with zero attached hydrogens (tertiary/aromatic N) is 2. The van der Waals surface area contributed by atoms with E-state index in [1.807, 2.05) is 31.9 Å². The Bertz CT molecular complexity index is 438. The molecule has 0 radical (unpaired) electrons. The van der Waals surface area contributed by atoms with Gasteiger partial charge >= 0.3 is 5.69 Å². The Balaban J connectivity index is 2.96. The van der Waals surface area contributed by atoms with Crippen molar-refractivity contribution in [2.75, 3.05) is 43.6 Å². The molecule has 0 atom stereocenters. The Hall–Kier alpha value is -1.82. The van der Waals surface area contributed by atoms with E-state index in [-0.39, 0.29) is 10.6 Å². The first-order chi connectivity index (χ1) is 9.61. The van der Waals surface area contributed by atoms with Crippen LogP contribution in [0.15, 0.2) is 18.2 Å². The standard InChI is InChI=1S/C14H23N3O3/c1-4-9-15-12-7-6-8-13(14(12)17(18)19)16(3)10-11-20-5-2/h6-8,15H,4-5,9-11H2,1-3H3. The molecule has 0 spiro atoms. The Morgan fingerprint density at radius 2 is 2.15 bits per heavy atom. The van der Waals surface area contributed by atoms with Crippen LogP contribution in [0.5, 0.6) is 0 Å². The van der Waals surface area contributed by atoms with Crippen molar-refractivity contribution in [2.24, 2.45) is 0 Å². The topological polar surface area (TPSA) is 67.6 Å². The van der Waals surface area contributed by atoms with Gasteiger partial charge in [-0.05, 0) is 25.5 Å². The zero-order valence-electron chi connectivity index (χ0n) is 12.4. The largest absolute Gasteiger partial charge is 0.380 e. The zero-order valence-corrected chi connectivity index (χ0v) is 12.4. The van der Waals surface area contributed by atoms with Gasteiger partial charge in [0.2, 0.25) is 0 Å². The quantitative estimate of drug-likeness (QED) is 0.428. The fourth-order valence-corrected chi connectivity index (χ4v) is 1.90. The second-order valence-corrected chi connectivity index (χ2v) is 4.48. The Morgan fingerprint density at radius 3 is 2.75 bits per heavy atom. The Morgan fingerprint density at radius 1 is 1.40 bits per heavy atom. The van der Waals surface area contributed by atoms with E-state index >= 15 is 0 Å². The van der Waals surface area contributed by atoms with E-state index in [9.17, 15) is 10.1 Å². The molecule has 0 fully saturated rings. The fraction of sp³-hybridized carbons (Fsp3) is 0.571. The van der Waals surface area contributed by atoms with Gasteiger partial charge in [-0.15, -0.1) is 0 Å². The minimum atomic E-state index is -0.329. The van der Waals surface area contributed by atoms with Crippen molar-refractivity contribution in [1.29, 1.82) is 0 Å². The van der Waals surface area contributed by atoms with Gasteiger partial charge in [0.15, 0.2) is 0 Å². The van der Waals surface area contributed by atoms with Crippen molar-refractivity contribution in [2.45, 2.75) is 20.3 Å². The SMILES string of the molecule is CCCNc1cccc(N(C)CCOCC)c1[N+](=O)[O-]. The molecule has 0 amide bonds. The second kappa shape index (κ2) is 8.37. The predicted molar refractivity (Wildman–Crippen MR) is 81.6 cm³/mol. The second-order valence-electron chi connectivity index (χ2n) is 4.48. The van der Waals surface area contributed by atoms with Crippen molar-refractivity contribution in [3.63, 3.8) is 0 Å². The van der Waals surface area contributed by atoms with E-state index in [1.165, 1.54) is 0 Å². The van der Waals surface area contributed by atoms with Crippen molar-refractivity contribution in [3.8, 4) is 0 Å². The third-order valence-electron chi connectivity index (χ3n) is 2.95. The van der Waals surface area contributed by atoms with Crippen molar-refractivity contribution >= 4 is 17.1 Å². The monoisotopic (exact) mass is 281 g/mol. The molecule has 0 aliphatic carbocycles. The highest BCUT2D eigenvalue weighted by molar-refractivity contribution is 5.76. The average Bonchev–Trinajstić information content (AvgIpc) is 2.44. The van der Waals surface area contributed by atoms with Crippen LogP contribution in [0.3, 0.4) is 0 Å². The molecule has 112 valence electrons. The van der Waals surface area contributed by atoms with E-state index in [1.54, 1.807) is 12.1 Å². The molecule has 1 aromatic rings. The van der Waals surface area contributed by atoms with Crippen molar-refractivity contribution < 1.29 is 9.66 Å². The minimum Gasteiger partial charge on any atom is -0.380 e. The van der Waals surface area contributed by atoms with Gasteiger partial charge in [-0.2, -0.15) is 0 Å². The summed E-state index contributed by atoms with van der Waals surface area (Å²) in [5.74, 6) is 0. The highest BCUT2D eigenvalue weighted by Crippen LogP contribution is 2.34. The lowest BCUT2D eigenvalue weighted by Gasteiger charge is -2.20. The van der Waals surface area contributed by atoms with Crippen LogP contribution in [0, 0.1) is 10.1 Å². The molecule has 0 saturated carbocycles. The lowest BCUT2D eigenvalue weighted by Crippen LogP contribution is -2.23. The molecule has 1 aromatic carbocycles. The third-order valence-corrected chi connectivity index (χ3v) is 2.95. The first kappa shape index (κ1) is 16.2. The van der Waals surface area contributed by atoms with Crippen molar-refractivity contribution in [1.82, 2.24) is 0 Å². The number of nitro benzene ring substituents is 1. The summed E-state index contributed by atoms with van der Waals surface area (Å²) in [5.41, 5.74) is 1.30. The van der Waals surface area contributed by atoms with Crippen LogP contribution in [-0.2, 0) is 4.74 Å². The molecule has 20 heavy (non-hydrogen) atoms. The average molecular weight is 281 g/mol. The van der Waals surface area contributed by atoms with Gasteiger partial charge in [-0.1, -0.05) is 13.0 Å². The van der Waals surface area contributed by atoms with Crippen LogP contribution < -0.4 is 10.2 Å². The number of anilines is 2. The lowest BCUT2D eigenvalue weighted by molar-refractivity contribution is -0.383. The number of para-hydroxylation sites is 1. The smallest absolute Gasteiger partial charge is 0.315 e. The molecular weight excluding hydrogens is 258 g/mol. The molecular formula is C14H23N3O3. The number of rotatable bonds is 9. The summed E-state index contributed by atoms with van der Waals surface area (Å²) in [7, 11) is 1.84. The molecule has 0 unspecified atom stereocenters. The number of nitrogens with one attached hydrogen (secondary N) is 1. The van der Waals surface area contributed by atoms with E-state index in [2.05, 4.69) is 5.32 Å². The van der Waals surface area contributed by atoms with Gasteiger partial charge < -0.3 is 15.0 Å². The highest BCUT2D eigenvalue weighted by Gasteiger charge is 2.21. The maximum Gasteiger partial charge on any atom is 0.315 e. The first-order valence-corrected chi connectivity index (χ1v) is 6.91. The molecule has 6 heteroatoms. The molecule has 0 saturated heterocycles. The van der Waals surface area contributed by atoms with Crippen LogP contribution in [0.4, 0.5) is 17.1 Å². The van der Waals surface area contributed by atoms with Gasteiger partial charge in [0.25, 0.3) is 0 Å². The van der Waals surface area contributed by atoms with Crippen LogP contribution in [-0.4, -0.2) is 38.3 Å². The number of benzene rings is 1. The number of nitro groups is 1. The highest BCUT2D eigenvalue weighted by atomic mass is 16.6. The van der Waals surface area contributed by atoms with Gasteiger partial charge in [-0.25, -0.2) is 0 Å². The Labute approximate surface area is 119 Å². The normalized spacial score (nSPS) is 10.3. The molecule has 1 rings (SSSR count). The zero-order chi connectivity index (χ0) is 15.0. The van der Waals surface area contributed by atoms with E-state index < -0.39 is 0 Å². The molecule has 0 heterocycles. The summed E-state index contributed by atoms with van der Waals surface area (Å²) in [6.07, 6.45) is 0.918. The summed E-state index contributed by atoms with van der Waals surface area (Å²) in [6.45, 7) is 6.48. The fourth-order valence-electron chi connectivity index (χ4n) is 1.90. The molecule has 0 aliphatic heterocycles. The van der Waals surface area contributed by atoms with Gasteiger partial charge in [-0.3, -0.25) is 10.1 Å². The molecule has 6 nitrogen and oxygen atoms in total. The summed E-state index contributed by atoms with van der Waals surface area (Å²) >= 11 is 0. The van der Waals surface area contributed by atoms with Gasteiger partial charge in [0, 0.05) is 26.7 Å². The minimum absolute atomic E-state index is 0.125. The number of likely N-dealkylation sites (N-methyl/N-ethyl adjacent to an activating group) is 1. The van der Waals surface area contributed by atoms with E-state index in [0.29, 0.717) is 37.7 Å². The molecule has 0 bridgehead atoms. The van der Waals surface area contributed by atoms with Crippen LogP contribution >= 0.6 is 0 Å². The van der Waals surface area contributed by atoms with E-state index in [0.717, 1.165) is 6.42 Å². The predicted octanol–water partition coefficient (Wildman–Crippen LogP) is 2.89. The molecule has 0 aliphatic rings. The lowest BCUT2D eigenvalue weighted by atomic mass is 10.2. The Kier molecular flexibility index (Phi) is 6.79. The third kappa shape index (κ3) is 4.38. The van der Waals surface area contributed by atoms with Gasteiger partial charge in [0.05, 0.1) is 11.5 Å². The maximum absolute atomic E-state index is 11.3. The van der Waals surface area contributed by atoms with Crippen LogP contribution in [0.2, 0.25) is 0 Å². The molecule has 1 N–H and O–H groups in total. The number of hydrogen-bond acceptors (Lipinski definition) is 5. The van der Waals surface area contributed by atoms with Crippen LogP contribution in [0.25, 0.3) is 0 Å². The summed E-state index contributed by atoms with van der Waals surface area (Å²) in [6, 6.07) is 5.34. The molecule has 0 aromatic heterocycles. The summed E-state index contributed by atoms with van der Waals surface area (Å²) in [4.78, 5) is 12.9. The summed E-state index contributed by atoms with van der Waals surface area (Å²) < 4.78 is 5.29. The van der Waals surface area contributed by atoms with Gasteiger partial charge in [0.1, 0.15) is 11.4 Å². The summed E-state index contributed by atoms with van der Waals surface area (Å²) in [5, 5.41) is 14.5.